The van der Waals surface area contributed by atoms with Crippen LogP contribution in [0.1, 0.15) is 10.4 Å². The Labute approximate surface area is 74.5 Å². The van der Waals surface area contributed by atoms with Gasteiger partial charge >= 0.3 is 0 Å². The fourth-order valence-corrected chi connectivity index (χ4v) is 0.895. The number of halogens is 2. The van der Waals surface area contributed by atoms with Gasteiger partial charge in [0.1, 0.15) is 5.82 Å². The molecule has 0 fully saturated rings. The molecule has 0 aliphatic rings. The molecule has 1 aromatic rings. The molecule has 0 N–H and O–H groups in total. The minimum atomic E-state index is -0.459. The lowest BCUT2D eigenvalue weighted by Crippen LogP contribution is -1.97. The molecule has 0 aromatic heterocycles. The van der Waals surface area contributed by atoms with Crippen molar-refractivity contribution in [2.24, 2.45) is 0 Å². The van der Waals surface area contributed by atoms with Crippen LogP contribution < -0.4 is 0 Å². The molecular formula is C9H6ClFO. The zero-order chi connectivity index (χ0) is 9.14. The van der Waals surface area contributed by atoms with Gasteiger partial charge in [-0.25, -0.2) is 4.39 Å². The molecule has 1 aromatic carbocycles. The number of allylic oxidation sites excluding steroid dienone is 1. The average Bonchev–Trinajstić information content (AvgIpc) is 2.03. The summed E-state index contributed by atoms with van der Waals surface area (Å²) in [6, 6.07) is 5.31. The molecule has 0 bridgehead atoms. The predicted octanol–water partition coefficient (Wildman–Crippen LogP) is 2.76. The van der Waals surface area contributed by atoms with Crippen LogP contribution in [-0.2, 0) is 0 Å². The number of Topliss-reactive ketones (excluding diaryl/α,β-unsaturated/α-hetero) is 1. The van der Waals surface area contributed by atoms with Gasteiger partial charge in [-0.2, -0.15) is 0 Å². The second-order valence-corrected chi connectivity index (χ2v) is 2.70. The standard InChI is InChI=1S/C9H6ClFO/c1-6(10)9(12)7-3-2-4-8(11)5-7/h2-5H,1H2. The van der Waals surface area contributed by atoms with Crippen molar-refractivity contribution in [2.45, 2.75) is 0 Å². The van der Waals surface area contributed by atoms with Gasteiger partial charge in [0.05, 0.1) is 5.03 Å². The third kappa shape index (κ3) is 1.92. The maximum Gasteiger partial charge on any atom is 0.203 e. The van der Waals surface area contributed by atoms with Crippen LogP contribution in [0.15, 0.2) is 35.9 Å². The summed E-state index contributed by atoms with van der Waals surface area (Å²) >= 11 is 5.35. The monoisotopic (exact) mass is 184 g/mol. The van der Waals surface area contributed by atoms with E-state index in [9.17, 15) is 9.18 Å². The Balaban J connectivity index is 3.04. The van der Waals surface area contributed by atoms with Crippen molar-refractivity contribution in [1.82, 2.24) is 0 Å². The van der Waals surface area contributed by atoms with Gasteiger partial charge in [-0.05, 0) is 12.1 Å². The highest BCUT2D eigenvalue weighted by molar-refractivity contribution is 6.44. The molecule has 0 radical (unpaired) electrons. The number of carbonyl (C=O) groups excluding carboxylic acids is 1. The van der Waals surface area contributed by atoms with Gasteiger partial charge in [-0.15, -0.1) is 0 Å². The van der Waals surface area contributed by atoms with E-state index in [1.165, 1.54) is 18.2 Å². The van der Waals surface area contributed by atoms with Gasteiger partial charge in [0.15, 0.2) is 0 Å². The van der Waals surface area contributed by atoms with E-state index in [-0.39, 0.29) is 10.6 Å². The molecule has 0 aliphatic carbocycles. The average molecular weight is 185 g/mol. The van der Waals surface area contributed by atoms with E-state index in [1.807, 2.05) is 0 Å². The lowest BCUT2D eigenvalue weighted by molar-refractivity contribution is 0.104. The number of hydrogen-bond donors (Lipinski definition) is 0. The first kappa shape index (κ1) is 8.94. The van der Waals surface area contributed by atoms with E-state index in [2.05, 4.69) is 6.58 Å². The number of hydrogen-bond acceptors (Lipinski definition) is 1. The summed E-state index contributed by atoms with van der Waals surface area (Å²) in [5, 5.41) is -0.111. The number of rotatable bonds is 2. The van der Waals surface area contributed by atoms with Gasteiger partial charge in [0, 0.05) is 5.56 Å². The first-order valence-corrected chi connectivity index (χ1v) is 3.63. The summed E-state index contributed by atoms with van der Waals surface area (Å²) in [7, 11) is 0. The van der Waals surface area contributed by atoms with E-state index in [0.29, 0.717) is 0 Å². The molecule has 1 rings (SSSR count). The summed E-state index contributed by atoms with van der Waals surface area (Å²) < 4.78 is 12.6. The Bertz CT molecular complexity index is 333. The van der Waals surface area contributed by atoms with Crippen molar-refractivity contribution < 1.29 is 9.18 Å². The maximum atomic E-state index is 12.6. The zero-order valence-corrected chi connectivity index (χ0v) is 6.94. The first-order valence-electron chi connectivity index (χ1n) is 3.26. The maximum absolute atomic E-state index is 12.6. The fraction of sp³-hybridized carbons (Fsp3) is 0. The van der Waals surface area contributed by atoms with Crippen LogP contribution in [-0.4, -0.2) is 5.78 Å². The molecule has 12 heavy (non-hydrogen) atoms. The molecule has 0 spiro atoms. The van der Waals surface area contributed by atoms with E-state index in [4.69, 9.17) is 11.6 Å². The van der Waals surface area contributed by atoms with Gasteiger partial charge in [0.2, 0.25) is 5.78 Å². The van der Waals surface area contributed by atoms with Gasteiger partial charge in [-0.1, -0.05) is 30.3 Å². The lowest BCUT2D eigenvalue weighted by Gasteiger charge is -1.96. The van der Waals surface area contributed by atoms with Crippen LogP contribution in [0.25, 0.3) is 0 Å². The topological polar surface area (TPSA) is 17.1 Å². The summed E-state index contributed by atoms with van der Waals surface area (Å²) in [5.41, 5.74) is 0.218. The molecule has 0 amide bonds. The molecule has 0 saturated carbocycles. The van der Waals surface area contributed by atoms with Crippen molar-refractivity contribution in [3.8, 4) is 0 Å². The highest BCUT2D eigenvalue weighted by atomic mass is 35.5. The lowest BCUT2D eigenvalue weighted by atomic mass is 10.1. The highest BCUT2D eigenvalue weighted by Gasteiger charge is 2.07. The van der Waals surface area contributed by atoms with E-state index in [1.54, 1.807) is 0 Å². The zero-order valence-electron chi connectivity index (χ0n) is 6.18. The van der Waals surface area contributed by atoms with Crippen LogP contribution in [0.4, 0.5) is 4.39 Å². The fourth-order valence-electron chi connectivity index (χ4n) is 0.786. The minimum Gasteiger partial charge on any atom is -0.288 e. The number of benzene rings is 1. The Kier molecular flexibility index (Phi) is 2.61. The number of ketones is 1. The van der Waals surface area contributed by atoms with Crippen LogP contribution in [0.3, 0.4) is 0 Å². The molecule has 0 atom stereocenters. The molecule has 3 heteroatoms. The predicted molar refractivity (Wildman–Crippen MR) is 45.7 cm³/mol. The SMILES string of the molecule is C=C(Cl)C(=O)c1cccc(F)c1. The van der Waals surface area contributed by atoms with Crippen molar-refractivity contribution in [1.29, 1.82) is 0 Å². The normalized spacial score (nSPS) is 9.50. The van der Waals surface area contributed by atoms with E-state index >= 15 is 0 Å². The minimum absolute atomic E-state index is 0.111. The molecule has 0 saturated heterocycles. The summed E-state index contributed by atoms with van der Waals surface area (Å²) in [6.07, 6.45) is 0. The van der Waals surface area contributed by atoms with E-state index in [0.717, 1.165) is 6.07 Å². The molecule has 0 aliphatic heterocycles. The first-order chi connectivity index (χ1) is 5.61. The van der Waals surface area contributed by atoms with Crippen LogP contribution in [0, 0.1) is 5.82 Å². The Morgan fingerprint density at radius 1 is 1.50 bits per heavy atom. The van der Waals surface area contributed by atoms with E-state index < -0.39 is 11.6 Å². The molecule has 0 heterocycles. The second kappa shape index (κ2) is 3.50. The molecule has 0 unspecified atom stereocenters. The molecule has 62 valence electrons. The van der Waals surface area contributed by atoms with Crippen LogP contribution in [0.2, 0.25) is 0 Å². The van der Waals surface area contributed by atoms with Crippen molar-refractivity contribution >= 4 is 17.4 Å². The third-order valence-electron chi connectivity index (χ3n) is 1.33. The smallest absolute Gasteiger partial charge is 0.203 e. The Hall–Kier alpha value is -1.15. The quantitative estimate of drug-likeness (QED) is 0.510. The summed E-state index contributed by atoms with van der Waals surface area (Å²) in [4.78, 5) is 11.1. The molecule has 1 nitrogen and oxygen atoms in total. The highest BCUT2D eigenvalue weighted by Crippen LogP contribution is 2.10. The third-order valence-corrected chi connectivity index (χ3v) is 1.50. The molecular weight excluding hydrogens is 179 g/mol. The second-order valence-electron chi connectivity index (χ2n) is 2.24. The van der Waals surface area contributed by atoms with Crippen LogP contribution >= 0.6 is 11.6 Å². The van der Waals surface area contributed by atoms with Crippen molar-refractivity contribution in [3.63, 3.8) is 0 Å². The van der Waals surface area contributed by atoms with Crippen molar-refractivity contribution in [2.75, 3.05) is 0 Å². The summed E-state index contributed by atoms with van der Waals surface area (Å²) in [6.45, 7) is 3.25. The Morgan fingerprint density at radius 2 is 2.17 bits per heavy atom. The largest absolute Gasteiger partial charge is 0.288 e. The van der Waals surface area contributed by atoms with Crippen molar-refractivity contribution in [3.05, 3.63) is 47.3 Å². The van der Waals surface area contributed by atoms with Gasteiger partial charge in [-0.3, -0.25) is 4.79 Å². The van der Waals surface area contributed by atoms with Gasteiger partial charge < -0.3 is 0 Å². The van der Waals surface area contributed by atoms with Crippen LogP contribution in [0.5, 0.6) is 0 Å². The number of carbonyl (C=O) groups is 1. The summed E-state index contributed by atoms with van der Waals surface area (Å²) in [5.74, 6) is -0.907. The van der Waals surface area contributed by atoms with Gasteiger partial charge in [0.25, 0.3) is 0 Å². The Morgan fingerprint density at radius 3 is 2.67 bits per heavy atom.